The van der Waals surface area contributed by atoms with E-state index in [0.717, 1.165) is 24.0 Å². The zero-order valence-corrected chi connectivity index (χ0v) is 14.5. The van der Waals surface area contributed by atoms with Gasteiger partial charge in [-0.05, 0) is 35.6 Å². The lowest BCUT2D eigenvalue weighted by Crippen LogP contribution is -2.34. The molecule has 4 nitrogen and oxygen atoms in total. The molecule has 1 N–H and O–H groups in total. The highest BCUT2D eigenvalue weighted by Gasteiger charge is 2.14. The number of rotatable bonds is 9. The summed E-state index contributed by atoms with van der Waals surface area (Å²) in [5.74, 6) is 1.78. The SMILES string of the molecule is COc1ccc(C[C@H](NC=O)C(C)C)cc1OCc1ccccc1. The highest BCUT2D eigenvalue weighted by molar-refractivity contribution is 5.47. The normalized spacial score (nSPS) is 11.8. The minimum atomic E-state index is 0.0952. The topological polar surface area (TPSA) is 47.6 Å². The summed E-state index contributed by atoms with van der Waals surface area (Å²) in [6.07, 6.45) is 1.52. The van der Waals surface area contributed by atoms with Gasteiger partial charge in [0.1, 0.15) is 6.61 Å². The average molecular weight is 327 g/mol. The molecule has 2 aromatic rings. The Bertz CT molecular complexity index is 641. The van der Waals surface area contributed by atoms with Gasteiger partial charge in [0.2, 0.25) is 6.41 Å². The van der Waals surface area contributed by atoms with E-state index >= 15 is 0 Å². The number of ether oxygens (including phenoxy) is 2. The zero-order chi connectivity index (χ0) is 17.4. The molecule has 1 atom stereocenters. The fraction of sp³-hybridized carbons (Fsp3) is 0.350. The number of carbonyl (C=O) groups excluding carboxylic acids is 1. The second kappa shape index (κ2) is 8.96. The fourth-order valence-corrected chi connectivity index (χ4v) is 2.52. The standard InChI is InChI=1S/C20H25NO3/c1-15(2)18(21-14-22)11-17-9-10-19(23-3)20(12-17)24-13-16-7-5-4-6-8-16/h4-10,12,14-15,18H,11,13H2,1-3H3,(H,21,22)/t18-/m0/s1. The second-order valence-electron chi connectivity index (χ2n) is 6.10. The van der Waals surface area contributed by atoms with Gasteiger partial charge in [-0.3, -0.25) is 4.79 Å². The van der Waals surface area contributed by atoms with Crippen molar-refractivity contribution in [1.82, 2.24) is 5.32 Å². The Labute approximate surface area is 143 Å². The number of nitrogens with one attached hydrogen (secondary N) is 1. The Morgan fingerprint density at radius 2 is 1.79 bits per heavy atom. The van der Waals surface area contributed by atoms with Crippen LogP contribution in [0.4, 0.5) is 0 Å². The van der Waals surface area contributed by atoms with Crippen LogP contribution in [0.2, 0.25) is 0 Å². The van der Waals surface area contributed by atoms with E-state index in [1.54, 1.807) is 7.11 Å². The van der Waals surface area contributed by atoms with Crippen molar-refractivity contribution in [2.45, 2.75) is 32.9 Å². The summed E-state index contributed by atoms with van der Waals surface area (Å²) < 4.78 is 11.3. The second-order valence-corrected chi connectivity index (χ2v) is 6.10. The van der Waals surface area contributed by atoms with Gasteiger partial charge in [-0.2, -0.15) is 0 Å². The molecule has 0 radical (unpaired) electrons. The van der Waals surface area contributed by atoms with Crippen LogP contribution in [0.3, 0.4) is 0 Å². The first-order valence-electron chi connectivity index (χ1n) is 8.17. The summed E-state index contributed by atoms with van der Waals surface area (Å²) in [6, 6.07) is 16.0. The van der Waals surface area contributed by atoms with Crippen LogP contribution in [0.1, 0.15) is 25.0 Å². The number of hydrogen-bond acceptors (Lipinski definition) is 3. The van der Waals surface area contributed by atoms with Crippen LogP contribution in [0, 0.1) is 5.92 Å². The number of carbonyl (C=O) groups is 1. The number of amides is 1. The van der Waals surface area contributed by atoms with Crippen molar-refractivity contribution in [3.63, 3.8) is 0 Å². The number of methoxy groups -OCH3 is 1. The van der Waals surface area contributed by atoms with Gasteiger partial charge in [0.15, 0.2) is 11.5 Å². The van der Waals surface area contributed by atoms with Crippen LogP contribution in [-0.2, 0) is 17.8 Å². The molecule has 0 saturated heterocycles. The predicted octanol–water partition coefficient (Wildman–Crippen LogP) is 3.59. The summed E-state index contributed by atoms with van der Waals surface area (Å²) in [7, 11) is 1.63. The molecule has 2 rings (SSSR count). The van der Waals surface area contributed by atoms with E-state index in [2.05, 4.69) is 19.2 Å². The molecule has 0 bridgehead atoms. The van der Waals surface area contributed by atoms with E-state index in [-0.39, 0.29) is 6.04 Å². The molecule has 0 aliphatic carbocycles. The van der Waals surface area contributed by atoms with Gasteiger partial charge in [0, 0.05) is 6.04 Å². The van der Waals surface area contributed by atoms with Crippen LogP contribution in [-0.4, -0.2) is 19.6 Å². The van der Waals surface area contributed by atoms with Crippen molar-refractivity contribution < 1.29 is 14.3 Å². The lowest BCUT2D eigenvalue weighted by atomic mass is 9.96. The third-order valence-corrected chi connectivity index (χ3v) is 4.01. The lowest BCUT2D eigenvalue weighted by molar-refractivity contribution is -0.110. The molecule has 1 amide bonds. The Kier molecular flexibility index (Phi) is 6.67. The molecular weight excluding hydrogens is 302 g/mol. The summed E-state index contributed by atoms with van der Waals surface area (Å²) in [5.41, 5.74) is 2.21. The minimum absolute atomic E-state index is 0.0952. The molecule has 0 aliphatic heterocycles. The van der Waals surface area contributed by atoms with Gasteiger partial charge in [-0.1, -0.05) is 50.2 Å². The van der Waals surface area contributed by atoms with Gasteiger partial charge in [0.05, 0.1) is 7.11 Å². The molecule has 0 unspecified atom stereocenters. The Morgan fingerprint density at radius 3 is 2.42 bits per heavy atom. The smallest absolute Gasteiger partial charge is 0.207 e. The molecule has 0 spiro atoms. The molecule has 0 fully saturated rings. The van der Waals surface area contributed by atoms with Crippen molar-refractivity contribution in [1.29, 1.82) is 0 Å². The van der Waals surface area contributed by atoms with E-state index in [0.29, 0.717) is 24.0 Å². The Morgan fingerprint density at radius 1 is 1.04 bits per heavy atom. The van der Waals surface area contributed by atoms with E-state index in [4.69, 9.17) is 9.47 Å². The summed E-state index contributed by atoms with van der Waals surface area (Å²) in [4.78, 5) is 10.8. The Balaban J connectivity index is 2.12. The monoisotopic (exact) mass is 327 g/mol. The maximum Gasteiger partial charge on any atom is 0.207 e. The molecule has 24 heavy (non-hydrogen) atoms. The highest BCUT2D eigenvalue weighted by Crippen LogP contribution is 2.29. The molecule has 0 aliphatic rings. The van der Waals surface area contributed by atoms with Crippen LogP contribution in [0.15, 0.2) is 48.5 Å². The molecular formula is C20H25NO3. The van der Waals surface area contributed by atoms with Crippen molar-refractivity contribution in [2.75, 3.05) is 7.11 Å². The van der Waals surface area contributed by atoms with Gasteiger partial charge in [-0.25, -0.2) is 0 Å². The van der Waals surface area contributed by atoms with Crippen molar-refractivity contribution >= 4 is 6.41 Å². The average Bonchev–Trinajstić information content (AvgIpc) is 2.60. The minimum Gasteiger partial charge on any atom is -0.493 e. The van der Waals surface area contributed by atoms with Crippen LogP contribution < -0.4 is 14.8 Å². The number of benzene rings is 2. The van der Waals surface area contributed by atoms with E-state index in [9.17, 15) is 4.79 Å². The number of hydrogen-bond donors (Lipinski definition) is 1. The van der Waals surface area contributed by atoms with Crippen molar-refractivity contribution in [2.24, 2.45) is 5.92 Å². The maximum absolute atomic E-state index is 10.8. The first-order valence-corrected chi connectivity index (χ1v) is 8.17. The Hall–Kier alpha value is -2.49. The van der Waals surface area contributed by atoms with E-state index < -0.39 is 0 Å². The van der Waals surface area contributed by atoms with Crippen LogP contribution in [0.25, 0.3) is 0 Å². The molecule has 2 aromatic carbocycles. The predicted molar refractivity (Wildman–Crippen MR) is 95.3 cm³/mol. The summed E-state index contributed by atoms with van der Waals surface area (Å²) in [5, 5.41) is 2.88. The third-order valence-electron chi connectivity index (χ3n) is 4.01. The van der Waals surface area contributed by atoms with Crippen LogP contribution >= 0.6 is 0 Å². The van der Waals surface area contributed by atoms with Crippen molar-refractivity contribution in [3.05, 3.63) is 59.7 Å². The van der Waals surface area contributed by atoms with Crippen LogP contribution in [0.5, 0.6) is 11.5 Å². The van der Waals surface area contributed by atoms with Gasteiger partial charge >= 0.3 is 0 Å². The zero-order valence-electron chi connectivity index (χ0n) is 14.5. The fourth-order valence-electron chi connectivity index (χ4n) is 2.52. The maximum atomic E-state index is 10.8. The first-order chi connectivity index (χ1) is 11.6. The van der Waals surface area contributed by atoms with E-state index in [1.807, 2.05) is 48.5 Å². The summed E-state index contributed by atoms with van der Waals surface area (Å²) in [6.45, 7) is 4.68. The van der Waals surface area contributed by atoms with Gasteiger partial charge in [-0.15, -0.1) is 0 Å². The van der Waals surface area contributed by atoms with Gasteiger partial charge in [0.25, 0.3) is 0 Å². The highest BCUT2D eigenvalue weighted by atomic mass is 16.5. The molecule has 4 heteroatoms. The van der Waals surface area contributed by atoms with E-state index in [1.165, 1.54) is 0 Å². The molecule has 128 valence electrons. The first kappa shape index (κ1) is 17.9. The lowest BCUT2D eigenvalue weighted by Gasteiger charge is -2.21. The molecule has 0 aromatic heterocycles. The third kappa shape index (κ3) is 5.01. The van der Waals surface area contributed by atoms with Crippen molar-refractivity contribution in [3.8, 4) is 11.5 Å². The molecule has 0 saturated carbocycles. The molecule has 0 heterocycles. The largest absolute Gasteiger partial charge is 0.493 e. The quantitative estimate of drug-likeness (QED) is 0.716. The van der Waals surface area contributed by atoms with Gasteiger partial charge < -0.3 is 14.8 Å². The summed E-state index contributed by atoms with van der Waals surface area (Å²) >= 11 is 0.